The number of hydrogen-bond acceptors (Lipinski definition) is 3. The van der Waals surface area contributed by atoms with E-state index in [1.54, 1.807) is 29.9 Å². The molecule has 1 saturated heterocycles. The molecule has 1 aromatic rings. The molecule has 268 valence electrons. The second kappa shape index (κ2) is 11.8. The molecule has 0 unspecified atom stereocenters. The van der Waals surface area contributed by atoms with Gasteiger partial charge in [0.15, 0.2) is 0 Å². The summed E-state index contributed by atoms with van der Waals surface area (Å²) in [5.41, 5.74) is 2.60. The first-order valence-electron chi connectivity index (χ1n) is 19.4. The van der Waals surface area contributed by atoms with Crippen LogP contribution in [-0.2, 0) is 9.59 Å². The number of nitrogens with zero attached hydrogens (tertiary/aromatic N) is 2. The first-order chi connectivity index (χ1) is 23.0. The van der Waals surface area contributed by atoms with Gasteiger partial charge in [0.25, 0.3) is 0 Å². The number of fused-ring (bicyclic) bond motifs is 7. The Hall–Kier alpha value is -2.47. The first-order valence-corrected chi connectivity index (χ1v) is 19.4. The maximum Gasteiger partial charge on any atom is 0.246 e. The zero-order valence-electron chi connectivity index (χ0n) is 31.3. The minimum atomic E-state index is -0.364. The number of aliphatic hydroxyl groups excluding tert-OH is 1. The largest absolute Gasteiger partial charge is 0.393 e. The standard InChI is InChI=1S/C43H61FN2O3/c1-38(2)20-22-43(37(49)46-26-24-45(25-27-46)36(48)15-10-29-8-11-30(44)12-9-29)23-21-41(6)31(32(43)28-38)13-14-34-40(5)18-17-35(47)39(3,4)33(40)16-19-42(34,41)7/h8-13,15,32-35,47H,14,16-28H2,1-7H3/b15-10+/t32-,33-,34+,35-,40-,41+,42+,43-/m0/s1. The maximum absolute atomic E-state index is 14.9. The van der Waals surface area contributed by atoms with Crippen molar-refractivity contribution in [1.82, 2.24) is 9.80 Å². The molecule has 5 fully saturated rings. The molecule has 0 bridgehead atoms. The second-order valence-electron chi connectivity index (χ2n) is 19.2. The van der Waals surface area contributed by atoms with E-state index in [0.717, 1.165) is 56.9 Å². The molecule has 0 spiro atoms. The van der Waals surface area contributed by atoms with Gasteiger partial charge >= 0.3 is 0 Å². The van der Waals surface area contributed by atoms with Gasteiger partial charge in [-0.05, 0) is 133 Å². The van der Waals surface area contributed by atoms with E-state index in [-0.39, 0.29) is 56.2 Å². The Balaban J connectivity index is 1.13. The van der Waals surface area contributed by atoms with Crippen LogP contribution in [0.5, 0.6) is 0 Å². The van der Waals surface area contributed by atoms with Gasteiger partial charge in [-0.3, -0.25) is 9.59 Å². The van der Waals surface area contributed by atoms with Crippen molar-refractivity contribution < 1.29 is 19.1 Å². The molecule has 8 atom stereocenters. The molecule has 49 heavy (non-hydrogen) atoms. The lowest BCUT2D eigenvalue weighted by Gasteiger charge is -2.71. The van der Waals surface area contributed by atoms with Gasteiger partial charge in [-0.15, -0.1) is 0 Å². The van der Waals surface area contributed by atoms with Crippen molar-refractivity contribution in [2.75, 3.05) is 26.2 Å². The molecule has 5 aliphatic carbocycles. The molecule has 1 aromatic carbocycles. The number of halogens is 1. The molecule has 7 rings (SSSR count). The van der Waals surface area contributed by atoms with Gasteiger partial charge in [0.1, 0.15) is 5.82 Å². The van der Waals surface area contributed by atoms with Crippen molar-refractivity contribution in [3.63, 3.8) is 0 Å². The van der Waals surface area contributed by atoms with Crippen molar-refractivity contribution in [3.05, 3.63) is 53.4 Å². The third kappa shape index (κ3) is 5.30. The average Bonchev–Trinajstić information content (AvgIpc) is 3.06. The van der Waals surface area contributed by atoms with Crippen molar-refractivity contribution in [2.24, 2.45) is 50.2 Å². The summed E-state index contributed by atoms with van der Waals surface area (Å²) in [6.07, 6.45) is 16.3. The summed E-state index contributed by atoms with van der Waals surface area (Å²) in [6.45, 7) is 19.4. The van der Waals surface area contributed by atoms with Crippen LogP contribution in [0.2, 0.25) is 0 Å². The number of carbonyl (C=O) groups excluding carboxylic acids is 2. The van der Waals surface area contributed by atoms with Crippen LogP contribution >= 0.6 is 0 Å². The van der Waals surface area contributed by atoms with Crippen LogP contribution in [-0.4, -0.2) is 59.0 Å². The highest BCUT2D eigenvalue weighted by atomic mass is 19.1. The quantitative estimate of drug-likeness (QED) is 0.258. The fourth-order valence-corrected chi connectivity index (χ4v) is 12.9. The highest BCUT2D eigenvalue weighted by Gasteiger charge is 2.69. The molecular formula is C43H61FN2O3. The lowest BCUT2D eigenvalue weighted by atomic mass is 9.33. The van der Waals surface area contributed by atoms with E-state index in [4.69, 9.17) is 0 Å². The predicted octanol–water partition coefficient (Wildman–Crippen LogP) is 8.67. The van der Waals surface area contributed by atoms with Crippen molar-refractivity contribution in [3.8, 4) is 0 Å². The second-order valence-corrected chi connectivity index (χ2v) is 19.2. The third-order valence-corrected chi connectivity index (χ3v) is 16.2. The number of aliphatic hydroxyl groups is 1. The minimum Gasteiger partial charge on any atom is -0.393 e. The van der Waals surface area contributed by atoms with Gasteiger partial charge in [-0.1, -0.05) is 72.2 Å². The Morgan fingerprint density at radius 1 is 0.816 bits per heavy atom. The molecule has 1 aliphatic heterocycles. The Labute approximate surface area is 294 Å². The first kappa shape index (κ1) is 35.0. The van der Waals surface area contributed by atoms with Crippen molar-refractivity contribution in [1.29, 1.82) is 0 Å². The van der Waals surface area contributed by atoms with Crippen molar-refractivity contribution in [2.45, 2.75) is 119 Å². The van der Waals surface area contributed by atoms with Crippen LogP contribution in [0.25, 0.3) is 6.08 Å². The molecule has 1 N–H and O–H groups in total. The number of amides is 2. The lowest BCUT2D eigenvalue weighted by molar-refractivity contribution is -0.204. The topological polar surface area (TPSA) is 60.9 Å². The SMILES string of the molecule is CC1(C)CC[C@]2(C(=O)N3CCN(C(=O)/C=C/c4ccc(F)cc4)CC3)CC[C@]3(C)C(=CC[C@@H]4[C@@]5(C)CC[C@H](O)C(C)(C)[C@@H]5CC[C@]43C)[C@@H]2C1. The van der Waals surface area contributed by atoms with E-state index in [2.05, 4.69) is 59.4 Å². The zero-order valence-corrected chi connectivity index (χ0v) is 31.3. The molecule has 6 heteroatoms. The van der Waals surface area contributed by atoms with Crippen LogP contribution in [0.15, 0.2) is 42.0 Å². The maximum atomic E-state index is 14.9. The van der Waals surface area contributed by atoms with E-state index in [1.807, 2.05) is 4.90 Å². The number of benzene rings is 1. The molecular weight excluding hydrogens is 611 g/mol. The van der Waals surface area contributed by atoms with E-state index in [1.165, 1.54) is 25.0 Å². The smallest absolute Gasteiger partial charge is 0.246 e. The summed E-state index contributed by atoms with van der Waals surface area (Å²) >= 11 is 0. The number of piperazine rings is 1. The predicted molar refractivity (Wildman–Crippen MR) is 194 cm³/mol. The molecule has 4 saturated carbocycles. The van der Waals surface area contributed by atoms with Gasteiger partial charge < -0.3 is 14.9 Å². The highest BCUT2D eigenvalue weighted by Crippen LogP contribution is 2.75. The van der Waals surface area contributed by atoms with E-state index in [0.29, 0.717) is 43.9 Å². The number of carbonyl (C=O) groups is 2. The fraction of sp³-hybridized carbons (Fsp3) is 0.721. The summed E-state index contributed by atoms with van der Waals surface area (Å²) in [5, 5.41) is 11.1. The summed E-state index contributed by atoms with van der Waals surface area (Å²) in [7, 11) is 0. The summed E-state index contributed by atoms with van der Waals surface area (Å²) in [4.78, 5) is 31.9. The minimum absolute atomic E-state index is 0.0604. The Morgan fingerprint density at radius 2 is 1.47 bits per heavy atom. The Kier molecular flexibility index (Phi) is 8.41. The van der Waals surface area contributed by atoms with Crippen LogP contribution in [0.1, 0.15) is 118 Å². The third-order valence-electron chi connectivity index (χ3n) is 16.2. The lowest BCUT2D eigenvalue weighted by Crippen LogP contribution is -2.66. The molecule has 0 aromatic heterocycles. The normalized spacial score (nSPS) is 41.2. The van der Waals surface area contributed by atoms with Crippen LogP contribution in [0.3, 0.4) is 0 Å². The van der Waals surface area contributed by atoms with E-state index < -0.39 is 0 Å². The van der Waals surface area contributed by atoms with Crippen molar-refractivity contribution >= 4 is 17.9 Å². The molecule has 2 amide bonds. The van der Waals surface area contributed by atoms with Gasteiger partial charge in [0, 0.05) is 32.3 Å². The summed E-state index contributed by atoms with van der Waals surface area (Å²) in [6, 6.07) is 6.14. The van der Waals surface area contributed by atoms with Gasteiger partial charge in [-0.2, -0.15) is 0 Å². The van der Waals surface area contributed by atoms with Crippen LogP contribution < -0.4 is 0 Å². The molecule has 6 aliphatic rings. The molecule has 1 heterocycles. The summed E-state index contributed by atoms with van der Waals surface area (Å²) < 4.78 is 13.3. The van der Waals surface area contributed by atoms with Gasteiger partial charge in [-0.25, -0.2) is 4.39 Å². The highest BCUT2D eigenvalue weighted by molar-refractivity contribution is 5.92. The number of allylic oxidation sites excluding steroid dienone is 2. The van der Waals surface area contributed by atoms with E-state index in [9.17, 15) is 19.1 Å². The molecule has 0 radical (unpaired) electrons. The number of hydrogen-bond donors (Lipinski definition) is 1. The zero-order chi connectivity index (χ0) is 35.2. The summed E-state index contributed by atoms with van der Waals surface area (Å²) in [5.74, 6) is 1.35. The van der Waals surface area contributed by atoms with Crippen LogP contribution in [0.4, 0.5) is 4.39 Å². The van der Waals surface area contributed by atoms with Crippen LogP contribution in [0, 0.1) is 56.1 Å². The van der Waals surface area contributed by atoms with E-state index >= 15 is 0 Å². The molecule has 5 nitrogen and oxygen atoms in total. The van der Waals surface area contributed by atoms with Gasteiger partial charge in [0.05, 0.1) is 11.5 Å². The Bertz CT molecular complexity index is 1540. The Morgan fingerprint density at radius 3 is 2.16 bits per heavy atom. The fourth-order valence-electron chi connectivity index (χ4n) is 12.9. The average molecular weight is 673 g/mol. The monoisotopic (exact) mass is 672 g/mol. The van der Waals surface area contributed by atoms with Gasteiger partial charge in [0.2, 0.25) is 11.8 Å². The number of rotatable bonds is 3.